The van der Waals surface area contributed by atoms with E-state index in [2.05, 4.69) is 4.98 Å². The SMILES string of the molecule is COc1nc(-c2ccc(OC)c(F)c2)cs1. The lowest BCUT2D eigenvalue weighted by Crippen LogP contribution is -1.88. The monoisotopic (exact) mass is 239 g/mol. The molecule has 2 aromatic rings. The van der Waals surface area contributed by atoms with Gasteiger partial charge < -0.3 is 9.47 Å². The second kappa shape index (κ2) is 4.49. The van der Waals surface area contributed by atoms with E-state index in [-0.39, 0.29) is 5.75 Å². The van der Waals surface area contributed by atoms with Gasteiger partial charge in [0, 0.05) is 10.9 Å². The second-order valence-corrected chi connectivity index (χ2v) is 3.87. The summed E-state index contributed by atoms with van der Waals surface area (Å²) in [6.07, 6.45) is 0. The predicted octanol–water partition coefficient (Wildman–Crippen LogP) is 2.97. The number of thiazole rings is 1. The predicted molar refractivity (Wildman–Crippen MR) is 60.6 cm³/mol. The molecule has 0 bridgehead atoms. The molecule has 0 N–H and O–H groups in total. The Balaban J connectivity index is 2.37. The molecule has 2 rings (SSSR count). The zero-order valence-electron chi connectivity index (χ0n) is 8.86. The van der Waals surface area contributed by atoms with Gasteiger partial charge in [0.15, 0.2) is 11.6 Å². The van der Waals surface area contributed by atoms with Crippen LogP contribution in [0.1, 0.15) is 0 Å². The first-order valence-corrected chi connectivity index (χ1v) is 5.46. The maximum absolute atomic E-state index is 13.4. The Kier molecular flexibility index (Phi) is 3.05. The molecule has 5 heteroatoms. The smallest absolute Gasteiger partial charge is 0.273 e. The molecule has 0 saturated carbocycles. The first-order valence-electron chi connectivity index (χ1n) is 4.58. The van der Waals surface area contributed by atoms with E-state index in [4.69, 9.17) is 9.47 Å². The molecule has 0 fully saturated rings. The average molecular weight is 239 g/mol. The lowest BCUT2D eigenvalue weighted by atomic mass is 10.1. The molecule has 0 atom stereocenters. The number of methoxy groups -OCH3 is 2. The van der Waals surface area contributed by atoms with Crippen LogP contribution in [0.25, 0.3) is 11.3 Å². The first-order chi connectivity index (χ1) is 7.74. The summed E-state index contributed by atoms with van der Waals surface area (Å²) < 4.78 is 23.3. The molecular formula is C11H10FNO2S. The molecular weight excluding hydrogens is 229 g/mol. The molecule has 0 aliphatic carbocycles. The van der Waals surface area contributed by atoms with Crippen LogP contribution in [0.4, 0.5) is 4.39 Å². The molecule has 1 aromatic carbocycles. The quantitative estimate of drug-likeness (QED) is 0.825. The lowest BCUT2D eigenvalue weighted by molar-refractivity contribution is 0.386. The van der Waals surface area contributed by atoms with Crippen molar-refractivity contribution in [2.45, 2.75) is 0 Å². The fourth-order valence-corrected chi connectivity index (χ4v) is 1.96. The van der Waals surface area contributed by atoms with Crippen molar-refractivity contribution in [3.05, 3.63) is 29.4 Å². The van der Waals surface area contributed by atoms with Crippen LogP contribution < -0.4 is 9.47 Å². The summed E-state index contributed by atoms with van der Waals surface area (Å²) in [5.74, 6) is -0.169. The Hall–Kier alpha value is -1.62. The van der Waals surface area contributed by atoms with Gasteiger partial charge >= 0.3 is 0 Å². The number of hydrogen-bond acceptors (Lipinski definition) is 4. The fourth-order valence-electron chi connectivity index (χ4n) is 1.31. The molecule has 0 radical (unpaired) electrons. The molecule has 0 saturated heterocycles. The van der Waals surface area contributed by atoms with Gasteiger partial charge in [-0.25, -0.2) is 9.37 Å². The third kappa shape index (κ3) is 1.99. The van der Waals surface area contributed by atoms with Gasteiger partial charge in [0.1, 0.15) is 0 Å². The van der Waals surface area contributed by atoms with Crippen molar-refractivity contribution < 1.29 is 13.9 Å². The Morgan fingerprint density at radius 2 is 2.06 bits per heavy atom. The molecule has 0 aliphatic rings. The van der Waals surface area contributed by atoms with Crippen molar-refractivity contribution in [2.75, 3.05) is 14.2 Å². The molecule has 1 aromatic heterocycles. The highest BCUT2D eigenvalue weighted by molar-refractivity contribution is 7.11. The molecule has 16 heavy (non-hydrogen) atoms. The van der Waals surface area contributed by atoms with Crippen molar-refractivity contribution in [3.63, 3.8) is 0 Å². The van der Waals surface area contributed by atoms with Gasteiger partial charge in [0.25, 0.3) is 5.19 Å². The molecule has 84 valence electrons. The standard InChI is InChI=1S/C11H10FNO2S/c1-14-10-4-3-7(5-8(10)12)9-6-16-11(13-9)15-2/h3-6H,1-2H3. The number of rotatable bonds is 3. The fraction of sp³-hybridized carbons (Fsp3) is 0.182. The Morgan fingerprint density at radius 1 is 1.25 bits per heavy atom. The highest BCUT2D eigenvalue weighted by Crippen LogP contribution is 2.28. The summed E-state index contributed by atoms with van der Waals surface area (Å²) in [7, 11) is 2.99. The van der Waals surface area contributed by atoms with Crippen LogP contribution in [0.15, 0.2) is 23.6 Å². The van der Waals surface area contributed by atoms with Gasteiger partial charge in [-0.1, -0.05) is 11.3 Å². The number of ether oxygens (including phenoxy) is 2. The first kappa shape index (κ1) is 10.9. The maximum Gasteiger partial charge on any atom is 0.273 e. The van der Waals surface area contributed by atoms with E-state index < -0.39 is 5.82 Å². The van der Waals surface area contributed by atoms with Gasteiger partial charge in [-0.2, -0.15) is 0 Å². The van der Waals surface area contributed by atoms with E-state index in [0.29, 0.717) is 16.5 Å². The van der Waals surface area contributed by atoms with Crippen LogP contribution in [0, 0.1) is 5.82 Å². The number of aromatic nitrogens is 1. The molecule has 0 unspecified atom stereocenters. The Morgan fingerprint density at radius 3 is 2.62 bits per heavy atom. The van der Waals surface area contributed by atoms with Gasteiger partial charge in [0.05, 0.1) is 19.9 Å². The zero-order chi connectivity index (χ0) is 11.5. The summed E-state index contributed by atoms with van der Waals surface area (Å²) in [4.78, 5) is 4.18. The van der Waals surface area contributed by atoms with E-state index in [1.807, 2.05) is 5.38 Å². The normalized spacial score (nSPS) is 10.2. The van der Waals surface area contributed by atoms with E-state index in [9.17, 15) is 4.39 Å². The minimum absolute atomic E-state index is 0.228. The summed E-state index contributed by atoms with van der Waals surface area (Å²) in [6.45, 7) is 0. The molecule has 0 aliphatic heterocycles. The Bertz CT molecular complexity index is 498. The largest absolute Gasteiger partial charge is 0.494 e. The van der Waals surface area contributed by atoms with Crippen LogP contribution in [-0.4, -0.2) is 19.2 Å². The third-order valence-electron chi connectivity index (χ3n) is 2.11. The summed E-state index contributed by atoms with van der Waals surface area (Å²) in [5.41, 5.74) is 1.40. The van der Waals surface area contributed by atoms with E-state index in [0.717, 1.165) is 0 Å². The number of nitrogens with zero attached hydrogens (tertiary/aromatic N) is 1. The Labute approximate surface area is 96.5 Å². The molecule has 0 spiro atoms. The molecule has 1 heterocycles. The van der Waals surface area contributed by atoms with Crippen molar-refractivity contribution in [3.8, 4) is 22.2 Å². The van der Waals surface area contributed by atoms with E-state index in [1.54, 1.807) is 19.2 Å². The van der Waals surface area contributed by atoms with Crippen molar-refractivity contribution in [1.29, 1.82) is 0 Å². The van der Waals surface area contributed by atoms with Gasteiger partial charge in [-0.3, -0.25) is 0 Å². The number of hydrogen-bond donors (Lipinski definition) is 0. The summed E-state index contributed by atoms with van der Waals surface area (Å²) in [5, 5.41) is 2.38. The highest BCUT2D eigenvalue weighted by atomic mass is 32.1. The lowest BCUT2D eigenvalue weighted by Gasteiger charge is -2.02. The molecule has 0 amide bonds. The summed E-state index contributed by atoms with van der Waals surface area (Å²) in [6, 6.07) is 4.74. The van der Waals surface area contributed by atoms with E-state index >= 15 is 0 Å². The topological polar surface area (TPSA) is 31.4 Å². The van der Waals surface area contributed by atoms with Crippen LogP contribution in [0.5, 0.6) is 10.9 Å². The van der Waals surface area contributed by atoms with Crippen LogP contribution >= 0.6 is 11.3 Å². The van der Waals surface area contributed by atoms with E-state index in [1.165, 1.54) is 24.5 Å². The molecule has 3 nitrogen and oxygen atoms in total. The van der Waals surface area contributed by atoms with Crippen molar-refractivity contribution >= 4 is 11.3 Å². The van der Waals surface area contributed by atoms with Crippen LogP contribution in [-0.2, 0) is 0 Å². The van der Waals surface area contributed by atoms with Crippen LogP contribution in [0.2, 0.25) is 0 Å². The van der Waals surface area contributed by atoms with Crippen LogP contribution in [0.3, 0.4) is 0 Å². The van der Waals surface area contributed by atoms with Gasteiger partial charge in [-0.05, 0) is 18.2 Å². The van der Waals surface area contributed by atoms with Gasteiger partial charge in [-0.15, -0.1) is 0 Å². The minimum Gasteiger partial charge on any atom is -0.494 e. The van der Waals surface area contributed by atoms with Gasteiger partial charge in [0.2, 0.25) is 0 Å². The average Bonchev–Trinajstić information content (AvgIpc) is 2.77. The number of benzene rings is 1. The minimum atomic E-state index is -0.396. The second-order valence-electron chi connectivity index (χ2n) is 3.05. The third-order valence-corrected chi connectivity index (χ3v) is 2.91. The maximum atomic E-state index is 13.4. The van der Waals surface area contributed by atoms with Crippen molar-refractivity contribution in [1.82, 2.24) is 4.98 Å². The van der Waals surface area contributed by atoms with Crippen molar-refractivity contribution in [2.24, 2.45) is 0 Å². The zero-order valence-corrected chi connectivity index (χ0v) is 9.68. The summed E-state index contributed by atoms with van der Waals surface area (Å²) >= 11 is 1.37. The highest BCUT2D eigenvalue weighted by Gasteiger charge is 2.08. The number of halogens is 1.